The number of nitro benzene ring substituents is 1. The normalized spacial score (nSPS) is 15.1. The molecule has 1 aliphatic rings. The zero-order valence-electron chi connectivity index (χ0n) is 18.3. The topological polar surface area (TPSA) is 119 Å². The summed E-state index contributed by atoms with van der Waals surface area (Å²) in [6.45, 7) is 0. The molecule has 0 bridgehead atoms. The third-order valence-corrected chi connectivity index (χ3v) is 5.38. The van der Waals surface area contributed by atoms with Crippen LogP contribution in [0.1, 0.15) is 11.1 Å². The van der Waals surface area contributed by atoms with Crippen molar-refractivity contribution in [2.45, 2.75) is 6.18 Å². The average Bonchev–Trinajstić information content (AvgIpc) is 2.83. The Bertz CT molecular complexity index is 1470. The van der Waals surface area contributed by atoms with Crippen molar-refractivity contribution in [3.63, 3.8) is 0 Å². The van der Waals surface area contributed by atoms with Gasteiger partial charge >= 0.3 is 17.9 Å². The second-order valence-electron chi connectivity index (χ2n) is 7.52. The number of hydrogen-bond acceptors (Lipinski definition) is 6. The molecule has 4 rings (SSSR count). The lowest BCUT2D eigenvalue weighted by Crippen LogP contribution is -2.54. The van der Waals surface area contributed by atoms with E-state index in [1.807, 2.05) is 0 Å². The standard InChI is InChI=1S/C24H13ClF3N3O6/c25-17-11-13(10-16-21(32)29-23(34)30(22(16)33)15-4-2-1-3-5-15)6-8-19(17)37-20-9-7-14(24(26,27)28)12-18(20)31(35)36/h1-12H,(H,29,32,34)/b16-10+. The molecule has 1 saturated heterocycles. The monoisotopic (exact) mass is 531 g/mol. The molecule has 1 heterocycles. The van der Waals surface area contributed by atoms with Crippen molar-refractivity contribution in [2.75, 3.05) is 4.90 Å². The summed E-state index contributed by atoms with van der Waals surface area (Å²) in [4.78, 5) is 48.5. The minimum atomic E-state index is -4.79. The second-order valence-corrected chi connectivity index (χ2v) is 7.93. The summed E-state index contributed by atoms with van der Waals surface area (Å²) < 4.78 is 44.2. The highest BCUT2D eigenvalue weighted by molar-refractivity contribution is 6.39. The van der Waals surface area contributed by atoms with E-state index in [1.165, 1.54) is 36.4 Å². The maximum Gasteiger partial charge on any atom is 0.416 e. The predicted octanol–water partition coefficient (Wildman–Crippen LogP) is 5.73. The first-order valence-electron chi connectivity index (χ1n) is 10.3. The lowest BCUT2D eigenvalue weighted by molar-refractivity contribution is -0.385. The van der Waals surface area contributed by atoms with E-state index in [2.05, 4.69) is 5.32 Å². The summed E-state index contributed by atoms with van der Waals surface area (Å²) in [7, 11) is 0. The average molecular weight is 532 g/mol. The van der Waals surface area contributed by atoms with Crippen LogP contribution < -0.4 is 15.0 Å². The number of rotatable bonds is 5. The van der Waals surface area contributed by atoms with Crippen molar-refractivity contribution in [3.8, 4) is 11.5 Å². The van der Waals surface area contributed by atoms with Crippen LogP contribution in [0.2, 0.25) is 5.02 Å². The molecule has 188 valence electrons. The predicted molar refractivity (Wildman–Crippen MR) is 125 cm³/mol. The van der Waals surface area contributed by atoms with E-state index >= 15 is 0 Å². The van der Waals surface area contributed by atoms with Crippen molar-refractivity contribution in [3.05, 3.63) is 98.6 Å². The molecule has 37 heavy (non-hydrogen) atoms. The first-order valence-corrected chi connectivity index (χ1v) is 10.6. The maximum absolute atomic E-state index is 12.9. The van der Waals surface area contributed by atoms with Crippen LogP contribution in [0.4, 0.5) is 29.3 Å². The number of imide groups is 2. The van der Waals surface area contributed by atoms with Gasteiger partial charge in [-0.3, -0.25) is 25.0 Å². The van der Waals surface area contributed by atoms with Crippen LogP contribution in [0.15, 0.2) is 72.3 Å². The van der Waals surface area contributed by atoms with Crippen molar-refractivity contribution in [1.29, 1.82) is 0 Å². The molecule has 1 fully saturated rings. The molecule has 1 N–H and O–H groups in total. The molecule has 0 atom stereocenters. The third kappa shape index (κ3) is 5.28. The molecule has 0 radical (unpaired) electrons. The fourth-order valence-electron chi connectivity index (χ4n) is 3.37. The van der Waals surface area contributed by atoms with Crippen molar-refractivity contribution < 1.29 is 37.2 Å². The number of amides is 4. The van der Waals surface area contributed by atoms with Crippen LogP contribution in [0.25, 0.3) is 6.08 Å². The molecule has 3 aromatic rings. The quantitative estimate of drug-likeness (QED) is 0.194. The van der Waals surface area contributed by atoms with Gasteiger partial charge in [-0.25, -0.2) is 9.69 Å². The summed E-state index contributed by atoms with van der Waals surface area (Å²) in [6.07, 6.45) is -3.62. The number of para-hydroxylation sites is 1. The second kappa shape index (κ2) is 9.74. The minimum absolute atomic E-state index is 0.122. The Kier molecular flexibility index (Phi) is 6.68. The summed E-state index contributed by atoms with van der Waals surface area (Å²) in [5.74, 6) is -2.42. The van der Waals surface area contributed by atoms with Crippen LogP contribution in [0, 0.1) is 10.1 Å². The molecule has 13 heteroatoms. The van der Waals surface area contributed by atoms with E-state index in [4.69, 9.17) is 16.3 Å². The van der Waals surface area contributed by atoms with Crippen LogP contribution in [-0.4, -0.2) is 22.8 Å². The molecule has 3 aromatic carbocycles. The lowest BCUT2D eigenvalue weighted by Gasteiger charge is -2.26. The van der Waals surface area contributed by atoms with E-state index in [-0.39, 0.29) is 27.6 Å². The highest BCUT2D eigenvalue weighted by Gasteiger charge is 2.37. The van der Waals surface area contributed by atoms with E-state index in [0.29, 0.717) is 12.1 Å². The van der Waals surface area contributed by atoms with Gasteiger partial charge in [0.25, 0.3) is 11.8 Å². The fourth-order valence-corrected chi connectivity index (χ4v) is 3.59. The molecule has 1 aliphatic heterocycles. The molecule has 0 saturated carbocycles. The van der Waals surface area contributed by atoms with Gasteiger partial charge < -0.3 is 4.74 Å². The van der Waals surface area contributed by atoms with Crippen LogP contribution >= 0.6 is 11.6 Å². The van der Waals surface area contributed by atoms with Gasteiger partial charge in [0.05, 0.1) is 21.2 Å². The number of carbonyl (C=O) groups excluding carboxylic acids is 3. The molecule has 0 aliphatic carbocycles. The summed E-state index contributed by atoms with van der Waals surface area (Å²) in [5, 5.41) is 13.2. The first kappa shape index (κ1) is 25.4. The van der Waals surface area contributed by atoms with Gasteiger partial charge in [0.1, 0.15) is 11.3 Å². The van der Waals surface area contributed by atoms with Crippen LogP contribution in [-0.2, 0) is 15.8 Å². The van der Waals surface area contributed by atoms with Crippen LogP contribution in [0.5, 0.6) is 11.5 Å². The number of alkyl halides is 3. The van der Waals surface area contributed by atoms with Gasteiger partial charge in [-0.2, -0.15) is 13.2 Å². The Morgan fingerprint density at radius 1 is 0.973 bits per heavy atom. The maximum atomic E-state index is 12.9. The fraction of sp³-hybridized carbons (Fsp3) is 0.0417. The van der Waals surface area contributed by atoms with Gasteiger partial charge in [0, 0.05) is 6.07 Å². The number of halogens is 4. The number of benzene rings is 3. The number of carbonyl (C=O) groups is 3. The zero-order valence-corrected chi connectivity index (χ0v) is 19.0. The molecule has 0 aromatic heterocycles. The summed E-state index contributed by atoms with van der Waals surface area (Å²) in [5.41, 5.74) is -2.04. The van der Waals surface area contributed by atoms with Gasteiger partial charge in [0.2, 0.25) is 5.75 Å². The highest BCUT2D eigenvalue weighted by Crippen LogP contribution is 2.39. The van der Waals surface area contributed by atoms with Crippen molar-refractivity contribution in [2.24, 2.45) is 0 Å². The molecular weight excluding hydrogens is 519 g/mol. The Morgan fingerprint density at radius 2 is 1.65 bits per heavy atom. The molecule has 4 amide bonds. The summed E-state index contributed by atoms with van der Waals surface area (Å²) >= 11 is 6.20. The van der Waals surface area contributed by atoms with E-state index < -0.39 is 45.9 Å². The number of nitro groups is 1. The number of ether oxygens (including phenoxy) is 1. The van der Waals surface area contributed by atoms with Crippen molar-refractivity contribution >= 4 is 46.9 Å². The number of barbiturate groups is 1. The molecule has 9 nitrogen and oxygen atoms in total. The number of nitrogens with zero attached hydrogens (tertiary/aromatic N) is 2. The Balaban J connectivity index is 1.63. The van der Waals surface area contributed by atoms with Gasteiger partial charge in [-0.15, -0.1) is 0 Å². The van der Waals surface area contributed by atoms with Gasteiger partial charge in [0.15, 0.2) is 0 Å². The Hall–Kier alpha value is -4.71. The van der Waals surface area contributed by atoms with E-state index in [1.54, 1.807) is 18.2 Å². The van der Waals surface area contributed by atoms with Gasteiger partial charge in [-0.05, 0) is 48.0 Å². The SMILES string of the molecule is O=C1NC(=O)N(c2ccccc2)C(=O)/C1=C/c1ccc(Oc2ccc(C(F)(F)F)cc2[N+](=O)[O-])c(Cl)c1. The number of nitrogens with one attached hydrogen (secondary N) is 1. The zero-order chi connectivity index (χ0) is 26.9. The van der Waals surface area contributed by atoms with E-state index in [0.717, 1.165) is 11.0 Å². The molecular formula is C24H13ClF3N3O6. The number of anilines is 1. The molecule has 0 spiro atoms. The highest BCUT2D eigenvalue weighted by atomic mass is 35.5. The largest absolute Gasteiger partial charge is 0.449 e. The Labute approximate surface area is 210 Å². The first-order chi connectivity index (χ1) is 17.5. The van der Waals surface area contributed by atoms with E-state index in [9.17, 15) is 37.7 Å². The van der Waals surface area contributed by atoms with Crippen molar-refractivity contribution in [1.82, 2.24) is 5.32 Å². The Morgan fingerprint density at radius 3 is 2.27 bits per heavy atom. The molecule has 0 unspecified atom stereocenters. The van der Waals surface area contributed by atoms with Gasteiger partial charge in [-0.1, -0.05) is 35.9 Å². The minimum Gasteiger partial charge on any atom is -0.449 e. The smallest absolute Gasteiger partial charge is 0.416 e. The number of urea groups is 1. The third-order valence-electron chi connectivity index (χ3n) is 5.09. The lowest BCUT2D eigenvalue weighted by atomic mass is 10.1. The van der Waals surface area contributed by atoms with Crippen LogP contribution in [0.3, 0.4) is 0 Å². The summed E-state index contributed by atoms with van der Waals surface area (Å²) in [6, 6.07) is 12.6. The number of hydrogen-bond donors (Lipinski definition) is 1.